The minimum Gasteiger partial charge on any atom is -0.323 e. The first kappa shape index (κ1) is 20.2. The second kappa shape index (κ2) is 8.74. The molecule has 0 saturated heterocycles. The average molecular weight is 428 g/mol. The van der Waals surface area contributed by atoms with Crippen LogP contribution in [0, 0.1) is 11.7 Å². The molecule has 0 spiro atoms. The van der Waals surface area contributed by atoms with Crippen molar-refractivity contribution >= 4 is 34.0 Å². The van der Waals surface area contributed by atoms with Crippen LogP contribution in [-0.4, -0.2) is 26.6 Å². The Morgan fingerprint density at radius 3 is 2.93 bits per heavy atom. The number of benzene rings is 1. The number of aromatic nitrogens is 3. The summed E-state index contributed by atoms with van der Waals surface area (Å²) in [5.74, 6) is -0.357. The molecule has 0 bridgehead atoms. The number of halogens is 1. The van der Waals surface area contributed by atoms with Crippen LogP contribution < -0.4 is 10.6 Å². The fraction of sp³-hybridized carbons (Fsp3) is 0.333. The van der Waals surface area contributed by atoms with Gasteiger partial charge in [-0.15, -0.1) is 11.3 Å². The van der Waals surface area contributed by atoms with Gasteiger partial charge >= 0.3 is 0 Å². The number of rotatable bonds is 6. The van der Waals surface area contributed by atoms with Gasteiger partial charge < -0.3 is 10.6 Å². The molecule has 2 aromatic heterocycles. The minimum absolute atomic E-state index is 0.00380. The first-order chi connectivity index (χ1) is 14.5. The number of carbonyl (C=O) groups excluding carboxylic acids is 2. The predicted octanol–water partition coefficient (Wildman–Crippen LogP) is 3.42. The quantitative estimate of drug-likeness (QED) is 0.631. The molecule has 3 aromatic rings. The van der Waals surface area contributed by atoms with Gasteiger partial charge in [-0.05, 0) is 36.8 Å². The van der Waals surface area contributed by atoms with Crippen molar-refractivity contribution in [3.05, 3.63) is 58.6 Å². The molecule has 2 N–H and O–H groups in total. The molecular weight excluding hydrogens is 405 g/mol. The number of hydrogen-bond acceptors (Lipinski definition) is 5. The molecule has 30 heavy (non-hydrogen) atoms. The van der Waals surface area contributed by atoms with E-state index in [1.807, 2.05) is 0 Å². The summed E-state index contributed by atoms with van der Waals surface area (Å²) < 4.78 is 15.1. The molecule has 1 aliphatic carbocycles. The smallest absolute Gasteiger partial charge is 0.247 e. The Morgan fingerprint density at radius 1 is 1.27 bits per heavy atom. The third-order valence-electron chi connectivity index (χ3n) is 4.96. The fourth-order valence-corrected chi connectivity index (χ4v) is 4.62. The number of anilines is 2. The average Bonchev–Trinajstić information content (AvgIpc) is 3.29. The number of nitrogens with zero attached hydrogens (tertiary/aromatic N) is 3. The van der Waals surface area contributed by atoms with Crippen molar-refractivity contribution in [2.75, 3.05) is 10.6 Å². The van der Waals surface area contributed by atoms with Crippen LogP contribution in [0.15, 0.2) is 36.7 Å². The van der Waals surface area contributed by atoms with E-state index in [1.54, 1.807) is 24.4 Å². The highest BCUT2D eigenvalue weighted by atomic mass is 32.1. The molecule has 1 atom stereocenters. The molecule has 1 aliphatic rings. The summed E-state index contributed by atoms with van der Waals surface area (Å²) in [6.07, 6.45) is 6.04. The molecule has 0 saturated carbocycles. The van der Waals surface area contributed by atoms with Crippen molar-refractivity contribution in [2.24, 2.45) is 5.92 Å². The van der Waals surface area contributed by atoms with Gasteiger partial charge in [0, 0.05) is 11.1 Å². The fourth-order valence-electron chi connectivity index (χ4n) is 3.43. The second-order valence-electron chi connectivity index (χ2n) is 7.53. The first-order valence-corrected chi connectivity index (χ1v) is 10.6. The Bertz CT molecular complexity index is 1080. The number of nitrogens with one attached hydrogen (secondary N) is 2. The molecule has 2 heterocycles. The summed E-state index contributed by atoms with van der Waals surface area (Å²) in [7, 11) is 0. The zero-order valence-corrected chi connectivity index (χ0v) is 17.3. The summed E-state index contributed by atoms with van der Waals surface area (Å²) in [6, 6.07) is 6.15. The highest BCUT2D eigenvalue weighted by Crippen LogP contribution is 2.32. The lowest BCUT2D eigenvalue weighted by Gasteiger charge is -2.15. The van der Waals surface area contributed by atoms with E-state index in [4.69, 9.17) is 0 Å². The van der Waals surface area contributed by atoms with Gasteiger partial charge in [-0.3, -0.25) is 14.3 Å². The minimum atomic E-state index is -0.418. The zero-order chi connectivity index (χ0) is 21.1. The molecule has 1 unspecified atom stereocenters. The molecule has 0 fully saturated rings. The van der Waals surface area contributed by atoms with E-state index >= 15 is 0 Å². The van der Waals surface area contributed by atoms with Crippen LogP contribution in [0.5, 0.6) is 0 Å². The molecule has 1 aromatic carbocycles. The maximum absolute atomic E-state index is 13.7. The Morgan fingerprint density at radius 2 is 2.10 bits per heavy atom. The first-order valence-electron chi connectivity index (χ1n) is 9.80. The largest absolute Gasteiger partial charge is 0.323 e. The molecule has 156 valence electrons. The SMILES string of the molecule is CC1CCc2nc(NC(=O)Cn3cc(NC(=O)Cc4ccccc4F)cn3)sc2C1. The lowest BCUT2D eigenvalue weighted by atomic mass is 9.93. The van der Waals surface area contributed by atoms with E-state index in [1.165, 1.54) is 33.2 Å². The van der Waals surface area contributed by atoms with Crippen molar-refractivity contribution in [1.82, 2.24) is 14.8 Å². The summed E-state index contributed by atoms with van der Waals surface area (Å²) >= 11 is 1.53. The lowest BCUT2D eigenvalue weighted by molar-refractivity contribution is -0.117. The van der Waals surface area contributed by atoms with E-state index in [-0.39, 0.29) is 24.8 Å². The Labute approximate surface area is 177 Å². The lowest BCUT2D eigenvalue weighted by Crippen LogP contribution is -2.19. The Hall–Kier alpha value is -3.07. The Balaban J connectivity index is 1.30. The zero-order valence-electron chi connectivity index (χ0n) is 16.5. The standard InChI is InChI=1S/C21H22FN5O2S/c1-13-6-7-17-18(8-13)30-21(25-17)26-20(29)12-27-11-15(10-23-27)24-19(28)9-14-4-2-3-5-16(14)22/h2-5,10-11,13H,6-9,12H2,1H3,(H,24,28)(H,25,26,29). The van der Waals surface area contributed by atoms with Crippen molar-refractivity contribution in [3.8, 4) is 0 Å². The van der Waals surface area contributed by atoms with Gasteiger partial charge in [0.05, 0.1) is 24.0 Å². The molecule has 9 heteroatoms. The Kier molecular flexibility index (Phi) is 5.89. The van der Waals surface area contributed by atoms with Gasteiger partial charge in [0.1, 0.15) is 12.4 Å². The van der Waals surface area contributed by atoms with Crippen LogP contribution in [0.4, 0.5) is 15.2 Å². The highest BCUT2D eigenvalue weighted by molar-refractivity contribution is 7.15. The number of aryl methyl sites for hydroxylation is 1. The molecular formula is C21H22FN5O2S. The van der Waals surface area contributed by atoms with Crippen LogP contribution in [0.1, 0.15) is 29.5 Å². The monoisotopic (exact) mass is 427 g/mol. The maximum Gasteiger partial charge on any atom is 0.247 e. The normalized spacial score (nSPS) is 15.5. The van der Waals surface area contributed by atoms with Crippen LogP contribution in [-0.2, 0) is 35.4 Å². The van der Waals surface area contributed by atoms with Crippen LogP contribution in [0.25, 0.3) is 0 Å². The van der Waals surface area contributed by atoms with Crippen LogP contribution >= 0.6 is 11.3 Å². The summed E-state index contributed by atoms with van der Waals surface area (Å²) in [5.41, 5.74) is 1.86. The van der Waals surface area contributed by atoms with Gasteiger partial charge in [-0.1, -0.05) is 25.1 Å². The topological polar surface area (TPSA) is 88.9 Å². The van der Waals surface area contributed by atoms with Gasteiger partial charge in [-0.25, -0.2) is 9.37 Å². The van der Waals surface area contributed by atoms with E-state index in [0.717, 1.165) is 25.0 Å². The van der Waals surface area contributed by atoms with Crippen molar-refractivity contribution in [2.45, 2.75) is 39.2 Å². The van der Waals surface area contributed by atoms with Crippen LogP contribution in [0.2, 0.25) is 0 Å². The third kappa shape index (κ3) is 4.91. The summed E-state index contributed by atoms with van der Waals surface area (Å²) in [5, 5.41) is 10.2. The second-order valence-corrected chi connectivity index (χ2v) is 8.61. The van der Waals surface area contributed by atoms with E-state index in [0.29, 0.717) is 22.3 Å². The number of fused-ring (bicyclic) bond motifs is 1. The van der Waals surface area contributed by atoms with Gasteiger partial charge in [-0.2, -0.15) is 5.10 Å². The van der Waals surface area contributed by atoms with Crippen molar-refractivity contribution < 1.29 is 14.0 Å². The summed E-state index contributed by atoms with van der Waals surface area (Å²) in [6.45, 7) is 2.23. The number of carbonyl (C=O) groups is 2. The molecule has 2 amide bonds. The van der Waals surface area contributed by atoms with E-state index in [9.17, 15) is 14.0 Å². The van der Waals surface area contributed by atoms with Gasteiger partial charge in [0.15, 0.2) is 5.13 Å². The van der Waals surface area contributed by atoms with Gasteiger partial charge in [0.2, 0.25) is 11.8 Å². The van der Waals surface area contributed by atoms with Crippen LogP contribution in [0.3, 0.4) is 0 Å². The predicted molar refractivity (Wildman–Crippen MR) is 113 cm³/mol. The van der Waals surface area contributed by atoms with E-state index in [2.05, 4.69) is 27.6 Å². The van der Waals surface area contributed by atoms with Gasteiger partial charge in [0.25, 0.3) is 0 Å². The maximum atomic E-state index is 13.7. The molecule has 7 nitrogen and oxygen atoms in total. The van der Waals surface area contributed by atoms with Crippen molar-refractivity contribution in [1.29, 1.82) is 0 Å². The van der Waals surface area contributed by atoms with E-state index < -0.39 is 5.82 Å². The third-order valence-corrected chi connectivity index (χ3v) is 6.00. The molecule has 0 radical (unpaired) electrons. The van der Waals surface area contributed by atoms with Crippen molar-refractivity contribution in [3.63, 3.8) is 0 Å². The highest BCUT2D eigenvalue weighted by Gasteiger charge is 2.20. The number of hydrogen-bond donors (Lipinski definition) is 2. The summed E-state index contributed by atoms with van der Waals surface area (Å²) in [4.78, 5) is 30.2. The molecule has 4 rings (SSSR count). The number of thiazole rings is 1. The number of amides is 2. The molecule has 0 aliphatic heterocycles.